The minimum atomic E-state index is -0.683. The molecule has 2 fully saturated rings. The van der Waals surface area contributed by atoms with Crippen LogP contribution in [-0.2, 0) is 31.3 Å². The summed E-state index contributed by atoms with van der Waals surface area (Å²) in [5.74, 6) is 0.731. The van der Waals surface area contributed by atoms with Crippen molar-refractivity contribution in [3.63, 3.8) is 0 Å². The maximum atomic E-state index is 13.4. The van der Waals surface area contributed by atoms with Crippen molar-refractivity contribution in [2.24, 2.45) is 0 Å². The van der Waals surface area contributed by atoms with E-state index in [2.05, 4.69) is 5.32 Å². The molecule has 4 rings (SSSR count). The highest BCUT2D eigenvalue weighted by Gasteiger charge is 2.47. The second kappa shape index (κ2) is 10.1. The summed E-state index contributed by atoms with van der Waals surface area (Å²) in [6, 6.07) is 18.3. The van der Waals surface area contributed by atoms with Crippen LogP contribution in [0, 0.1) is 0 Å². The maximum absolute atomic E-state index is 13.4. The molecule has 0 saturated carbocycles. The molecule has 0 bridgehead atoms. The zero-order chi connectivity index (χ0) is 21.6. The fraction of sp³-hybridized carbons (Fsp3) is 0.375. The first kappa shape index (κ1) is 21.6. The molecule has 2 aliphatic rings. The van der Waals surface area contributed by atoms with Gasteiger partial charge in [0, 0.05) is 18.1 Å². The smallest absolute Gasteiger partial charge is 0.246 e. The summed E-state index contributed by atoms with van der Waals surface area (Å²) in [5, 5.41) is 2.92. The van der Waals surface area contributed by atoms with E-state index in [1.807, 2.05) is 60.7 Å². The lowest BCUT2D eigenvalue weighted by molar-refractivity contribution is -0.139. The predicted molar refractivity (Wildman–Crippen MR) is 120 cm³/mol. The Bertz CT molecular complexity index is 922. The molecule has 0 spiro atoms. The number of ketones is 1. The number of carbonyl (C=O) groups excluding carboxylic acids is 3. The molecule has 2 aromatic carbocycles. The Hall–Kier alpha value is -2.64. The van der Waals surface area contributed by atoms with Crippen LogP contribution < -0.4 is 5.32 Å². The first-order valence-corrected chi connectivity index (χ1v) is 11.7. The minimum Gasteiger partial charge on any atom is -0.368 e. The quantitative estimate of drug-likeness (QED) is 0.684. The molecule has 162 valence electrons. The molecule has 31 heavy (non-hydrogen) atoms. The van der Waals surface area contributed by atoms with E-state index in [4.69, 9.17) is 4.74 Å². The molecule has 0 aliphatic carbocycles. The highest BCUT2D eigenvalue weighted by Crippen LogP contribution is 2.28. The van der Waals surface area contributed by atoms with Crippen molar-refractivity contribution < 1.29 is 19.1 Å². The van der Waals surface area contributed by atoms with E-state index in [0.29, 0.717) is 18.7 Å². The Morgan fingerprint density at radius 3 is 2.45 bits per heavy atom. The van der Waals surface area contributed by atoms with E-state index in [0.717, 1.165) is 16.9 Å². The Morgan fingerprint density at radius 1 is 1.06 bits per heavy atom. The van der Waals surface area contributed by atoms with E-state index in [1.165, 1.54) is 0 Å². The Balaban J connectivity index is 1.42. The van der Waals surface area contributed by atoms with Crippen LogP contribution in [0.3, 0.4) is 0 Å². The Labute approximate surface area is 186 Å². The molecule has 1 N–H and O–H groups in total. The van der Waals surface area contributed by atoms with E-state index >= 15 is 0 Å². The predicted octanol–water partition coefficient (Wildman–Crippen LogP) is 2.22. The van der Waals surface area contributed by atoms with Gasteiger partial charge in [0.25, 0.3) is 0 Å². The SMILES string of the molecule is O=C(Cc1ccccc1)N[C@@H](CSCc1ccccc1)C(=O)N1CC[C@H]2OCC(=O)[C@H]21. The maximum Gasteiger partial charge on any atom is 0.246 e. The van der Waals surface area contributed by atoms with Crippen molar-refractivity contribution in [3.05, 3.63) is 71.8 Å². The van der Waals surface area contributed by atoms with Crippen LogP contribution in [0.4, 0.5) is 0 Å². The van der Waals surface area contributed by atoms with Crippen LogP contribution in [0.2, 0.25) is 0 Å². The lowest BCUT2D eigenvalue weighted by atomic mass is 10.1. The average Bonchev–Trinajstić information content (AvgIpc) is 3.37. The summed E-state index contributed by atoms with van der Waals surface area (Å²) >= 11 is 1.60. The van der Waals surface area contributed by atoms with Crippen LogP contribution in [0.1, 0.15) is 17.5 Å². The molecule has 3 atom stereocenters. The monoisotopic (exact) mass is 438 g/mol. The number of nitrogens with zero attached hydrogens (tertiary/aromatic N) is 1. The number of nitrogens with one attached hydrogen (secondary N) is 1. The molecule has 2 saturated heterocycles. The number of carbonyl (C=O) groups is 3. The third-order valence-corrected chi connectivity index (χ3v) is 6.74. The number of rotatable bonds is 8. The first-order valence-electron chi connectivity index (χ1n) is 10.5. The van der Waals surface area contributed by atoms with Crippen molar-refractivity contribution >= 4 is 29.4 Å². The van der Waals surface area contributed by atoms with Crippen molar-refractivity contribution in [3.8, 4) is 0 Å². The van der Waals surface area contributed by atoms with E-state index < -0.39 is 12.1 Å². The zero-order valence-corrected chi connectivity index (χ0v) is 18.1. The molecule has 0 unspecified atom stereocenters. The van der Waals surface area contributed by atoms with Gasteiger partial charge in [0.2, 0.25) is 11.8 Å². The Kier molecular flexibility index (Phi) is 7.04. The third-order valence-electron chi connectivity index (χ3n) is 5.63. The van der Waals surface area contributed by atoms with E-state index in [-0.39, 0.29) is 36.7 Å². The Morgan fingerprint density at radius 2 is 1.74 bits per heavy atom. The largest absolute Gasteiger partial charge is 0.368 e. The molecule has 2 heterocycles. The summed E-state index contributed by atoms with van der Waals surface area (Å²) in [7, 11) is 0. The molecular formula is C24H26N2O4S. The summed E-state index contributed by atoms with van der Waals surface area (Å²) in [6.45, 7) is 0.543. The van der Waals surface area contributed by atoms with Crippen LogP contribution in [-0.4, -0.2) is 59.6 Å². The average molecular weight is 439 g/mol. The fourth-order valence-corrected chi connectivity index (χ4v) is 5.12. The van der Waals surface area contributed by atoms with Gasteiger partial charge in [0.1, 0.15) is 18.7 Å². The van der Waals surface area contributed by atoms with Gasteiger partial charge in [-0.05, 0) is 17.5 Å². The standard InChI is InChI=1S/C24H26N2O4S/c27-20-14-30-21-11-12-26(23(20)21)24(29)19(16-31-15-18-9-5-2-6-10-18)25-22(28)13-17-7-3-1-4-8-17/h1-10,19,21,23H,11-16H2,(H,25,28)/t19-,21+,23+/m0/s1. The molecule has 2 aliphatic heterocycles. The molecule has 2 amide bonds. The number of Topliss-reactive ketones (excluding diaryl/α,β-unsaturated/α-hetero) is 1. The second-order valence-corrected chi connectivity index (χ2v) is 8.89. The number of hydrogen-bond acceptors (Lipinski definition) is 5. The van der Waals surface area contributed by atoms with Gasteiger partial charge in [-0.2, -0.15) is 11.8 Å². The number of benzene rings is 2. The highest BCUT2D eigenvalue weighted by atomic mass is 32.2. The first-order chi connectivity index (χ1) is 15.1. The number of hydrogen-bond donors (Lipinski definition) is 1. The van der Waals surface area contributed by atoms with Crippen molar-refractivity contribution in [2.45, 2.75) is 36.8 Å². The molecule has 0 radical (unpaired) electrons. The van der Waals surface area contributed by atoms with Crippen molar-refractivity contribution in [1.29, 1.82) is 0 Å². The number of amides is 2. The molecule has 0 aromatic heterocycles. The third kappa shape index (κ3) is 5.35. The van der Waals surface area contributed by atoms with Crippen LogP contribution >= 0.6 is 11.8 Å². The van der Waals surface area contributed by atoms with E-state index in [9.17, 15) is 14.4 Å². The lowest BCUT2D eigenvalue weighted by Crippen LogP contribution is -2.53. The van der Waals surface area contributed by atoms with Crippen molar-refractivity contribution in [2.75, 3.05) is 18.9 Å². The van der Waals surface area contributed by atoms with Crippen LogP contribution in [0.15, 0.2) is 60.7 Å². The lowest BCUT2D eigenvalue weighted by Gasteiger charge is -2.27. The number of ether oxygens (including phenoxy) is 1. The minimum absolute atomic E-state index is 0.0536. The van der Waals surface area contributed by atoms with Gasteiger partial charge in [0.05, 0.1) is 12.5 Å². The van der Waals surface area contributed by atoms with E-state index in [1.54, 1.807) is 16.7 Å². The summed E-state index contributed by atoms with van der Waals surface area (Å²) in [6.07, 6.45) is 0.653. The highest BCUT2D eigenvalue weighted by molar-refractivity contribution is 7.98. The topological polar surface area (TPSA) is 75.7 Å². The van der Waals surface area contributed by atoms with Crippen LogP contribution in [0.25, 0.3) is 0 Å². The molecule has 6 nitrogen and oxygen atoms in total. The van der Waals surface area contributed by atoms with Gasteiger partial charge in [-0.15, -0.1) is 0 Å². The van der Waals surface area contributed by atoms with Gasteiger partial charge in [-0.1, -0.05) is 60.7 Å². The summed E-state index contributed by atoms with van der Waals surface area (Å²) in [4.78, 5) is 39.9. The fourth-order valence-electron chi connectivity index (χ4n) is 4.11. The van der Waals surface area contributed by atoms with Gasteiger partial charge in [-0.25, -0.2) is 0 Å². The number of fused-ring (bicyclic) bond motifs is 1. The van der Waals surface area contributed by atoms with Crippen molar-refractivity contribution in [1.82, 2.24) is 10.2 Å². The summed E-state index contributed by atoms with van der Waals surface area (Å²) in [5.41, 5.74) is 2.05. The van der Waals surface area contributed by atoms with Gasteiger partial charge < -0.3 is 15.0 Å². The van der Waals surface area contributed by atoms with Gasteiger partial charge in [0.15, 0.2) is 5.78 Å². The normalized spacial score (nSPS) is 21.0. The molecular weight excluding hydrogens is 412 g/mol. The zero-order valence-electron chi connectivity index (χ0n) is 17.2. The van der Waals surface area contributed by atoms with Crippen LogP contribution in [0.5, 0.6) is 0 Å². The molecule has 2 aromatic rings. The molecule has 7 heteroatoms. The summed E-state index contributed by atoms with van der Waals surface area (Å²) < 4.78 is 5.51. The number of thioether (sulfide) groups is 1. The number of likely N-dealkylation sites (tertiary alicyclic amines) is 1. The van der Waals surface area contributed by atoms with Gasteiger partial charge in [-0.3, -0.25) is 14.4 Å². The van der Waals surface area contributed by atoms with Gasteiger partial charge >= 0.3 is 0 Å². The second-order valence-electron chi connectivity index (χ2n) is 7.86.